The number of anilines is 1. The normalized spacial score (nSPS) is 10.4. The molecular formula is C12H15N5O3S. The first kappa shape index (κ1) is 15.1. The molecule has 21 heavy (non-hydrogen) atoms. The van der Waals surface area contributed by atoms with Gasteiger partial charge in [-0.3, -0.25) is 4.79 Å². The van der Waals surface area contributed by atoms with Crippen molar-refractivity contribution in [1.82, 2.24) is 20.0 Å². The highest BCUT2D eigenvalue weighted by atomic mass is 32.1. The summed E-state index contributed by atoms with van der Waals surface area (Å²) < 4.78 is 6.08. The number of carbonyl (C=O) groups excluding carboxylic acids is 2. The number of hydrogen-bond donors (Lipinski definition) is 1. The van der Waals surface area contributed by atoms with Crippen LogP contribution in [0.1, 0.15) is 29.5 Å². The average molecular weight is 309 g/mol. The molecule has 112 valence electrons. The number of amides is 1. The molecule has 0 atom stereocenters. The van der Waals surface area contributed by atoms with E-state index >= 15 is 0 Å². The first-order chi connectivity index (χ1) is 10.2. The summed E-state index contributed by atoms with van der Waals surface area (Å²) >= 11 is 1.33. The molecule has 0 aliphatic heterocycles. The van der Waals surface area contributed by atoms with Crippen molar-refractivity contribution in [3.05, 3.63) is 23.0 Å². The van der Waals surface area contributed by atoms with Gasteiger partial charge < -0.3 is 10.1 Å². The fourth-order valence-corrected chi connectivity index (χ4v) is 2.32. The van der Waals surface area contributed by atoms with Crippen molar-refractivity contribution in [3.63, 3.8) is 0 Å². The van der Waals surface area contributed by atoms with E-state index in [1.807, 2.05) is 6.92 Å². The van der Waals surface area contributed by atoms with Crippen molar-refractivity contribution in [1.29, 1.82) is 0 Å². The minimum atomic E-state index is -0.551. The summed E-state index contributed by atoms with van der Waals surface area (Å²) in [6, 6.07) is 0. The molecule has 0 fully saturated rings. The molecule has 2 aromatic heterocycles. The number of aromatic nitrogens is 4. The zero-order valence-corrected chi connectivity index (χ0v) is 12.5. The number of carbonyl (C=O) groups is 2. The van der Waals surface area contributed by atoms with Crippen molar-refractivity contribution < 1.29 is 14.3 Å². The molecule has 0 saturated carbocycles. The predicted molar refractivity (Wildman–Crippen MR) is 76.1 cm³/mol. The van der Waals surface area contributed by atoms with Gasteiger partial charge in [-0.05, 0) is 6.42 Å². The summed E-state index contributed by atoms with van der Waals surface area (Å²) in [6.07, 6.45) is 2.99. The molecule has 0 aliphatic carbocycles. The van der Waals surface area contributed by atoms with Gasteiger partial charge in [-0.2, -0.15) is 0 Å². The molecule has 0 spiro atoms. The molecule has 2 aromatic rings. The van der Waals surface area contributed by atoms with Gasteiger partial charge in [0, 0.05) is 11.6 Å². The Bertz CT molecular complexity index is 623. The lowest BCUT2D eigenvalue weighted by molar-refractivity contribution is -0.117. The Morgan fingerprint density at radius 2 is 2.29 bits per heavy atom. The quantitative estimate of drug-likeness (QED) is 0.803. The Kier molecular flexibility index (Phi) is 4.99. The molecular weight excluding hydrogens is 294 g/mol. The summed E-state index contributed by atoms with van der Waals surface area (Å²) in [5, 5.41) is 12.6. The number of esters is 1. The summed E-state index contributed by atoms with van der Waals surface area (Å²) in [4.78, 5) is 27.5. The van der Waals surface area contributed by atoms with Crippen molar-refractivity contribution in [2.45, 2.75) is 26.3 Å². The van der Waals surface area contributed by atoms with Crippen molar-refractivity contribution in [2.75, 3.05) is 12.4 Å². The van der Waals surface area contributed by atoms with E-state index in [-0.39, 0.29) is 18.1 Å². The van der Waals surface area contributed by atoms with E-state index in [9.17, 15) is 9.59 Å². The number of rotatable bonds is 6. The summed E-state index contributed by atoms with van der Waals surface area (Å²) in [5.74, 6) is -0.825. The van der Waals surface area contributed by atoms with E-state index in [0.717, 1.165) is 6.42 Å². The van der Waals surface area contributed by atoms with Gasteiger partial charge in [-0.15, -0.1) is 16.4 Å². The Morgan fingerprint density at radius 1 is 1.48 bits per heavy atom. The Hall–Kier alpha value is -2.29. The van der Waals surface area contributed by atoms with Crippen LogP contribution in [0.4, 0.5) is 5.13 Å². The lowest BCUT2D eigenvalue weighted by atomic mass is 10.2. The standard InChI is InChI=1S/C12H15N5O3S/c1-3-4-8-10(11(19)20-2)15-16-17(8)7-9(18)14-12-13-5-6-21-12/h5-6H,3-4,7H2,1-2H3,(H,13,14,18). The summed E-state index contributed by atoms with van der Waals surface area (Å²) in [7, 11) is 1.28. The van der Waals surface area contributed by atoms with Gasteiger partial charge in [0.05, 0.1) is 12.8 Å². The number of hydrogen-bond acceptors (Lipinski definition) is 7. The van der Waals surface area contributed by atoms with Gasteiger partial charge in [0.15, 0.2) is 10.8 Å². The number of thiazole rings is 1. The van der Waals surface area contributed by atoms with E-state index < -0.39 is 5.97 Å². The van der Waals surface area contributed by atoms with Crippen LogP contribution in [0, 0.1) is 0 Å². The Balaban J connectivity index is 2.13. The van der Waals surface area contributed by atoms with Gasteiger partial charge in [-0.25, -0.2) is 14.5 Å². The van der Waals surface area contributed by atoms with Crippen molar-refractivity contribution in [2.24, 2.45) is 0 Å². The number of methoxy groups -OCH3 is 1. The first-order valence-electron chi connectivity index (χ1n) is 6.35. The number of ether oxygens (including phenoxy) is 1. The van der Waals surface area contributed by atoms with Crippen LogP contribution in [0.2, 0.25) is 0 Å². The minimum absolute atomic E-state index is 0.0289. The van der Waals surface area contributed by atoms with Gasteiger partial charge in [-0.1, -0.05) is 18.6 Å². The van der Waals surface area contributed by atoms with Crippen LogP contribution < -0.4 is 5.32 Å². The Morgan fingerprint density at radius 3 is 2.90 bits per heavy atom. The maximum atomic E-state index is 11.9. The van der Waals surface area contributed by atoms with Crippen molar-refractivity contribution in [3.8, 4) is 0 Å². The predicted octanol–water partition coefficient (Wildman–Crippen LogP) is 1.11. The summed E-state index contributed by atoms with van der Waals surface area (Å²) in [5.41, 5.74) is 0.750. The maximum Gasteiger partial charge on any atom is 0.360 e. The highest BCUT2D eigenvalue weighted by molar-refractivity contribution is 7.13. The zero-order chi connectivity index (χ0) is 15.2. The van der Waals surface area contributed by atoms with Gasteiger partial charge >= 0.3 is 5.97 Å². The largest absolute Gasteiger partial charge is 0.464 e. The fraction of sp³-hybridized carbons (Fsp3) is 0.417. The molecule has 0 aromatic carbocycles. The highest BCUT2D eigenvalue weighted by Crippen LogP contribution is 2.12. The lowest BCUT2D eigenvalue weighted by Crippen LogP contribution is -2.21. The van der Waals surface area contributed by atoms with Gasteiger partial charge in [0.1, 0.15) is 6.54 Å². The molecule has 1 amide bonds. The van der Waals surface area contributed by atoms with E-state index in [1.54, 1.807) is 11.6 Å². The molecule has 0 radical (unpaired) electrons. The van der Waals surface area contributed by atoms with E-state index in [2.05, 4.69) is 25.3 Å². The molecule has 8 nitrogen and oxygen atoms in total. The first-order valence-corrected chi connectivity index (χ1v) is 7.23. The monoisotopic (exact) mass is 309 g/mol. The molecule has 0 saturated heterocycles. The van der Waals surface area contributed by atoms with E-state index in [0.29, 0.717) is 17.2 Å². The fourth-order valence-electron chi connectivity index (χ4n) is 1.78. The number of nitrogens with zero attached hydrogens (tertiary/aromatic N) is 4. The van der Waals surface area contributed by atoms with Crippen LogP contribution in [0.5, 0.6) is 0 Å². The molecule has 1 N–H and O–H groups in total. The van der Waals surface area contributed by atoms with Crippen molar-refractivity contribution >= 4 is 28.3 Å². The molecule has 2 rings (SSSR count). The SMILES string of the molecule is CCCc1c(C(=O)OC)nnn1CC(=O)Nc1nccs1. The maximum absolute atomic E-state index is 11.9. The van der Waals surface area contributed by atoms with Crippen LogP contribution in [-0.4, -0.2) is 39.0 Å². The lowest BCUT2D eigenvalue weighted by Gasteiger charge is -2.06. The highest BCUT2D eigenvalue weighted by Gasteiger charge is 2.20. The van der Waals surface area contributed by atoms with Crippen LogP contribution in [0.15, 0.2) is 11.6 Å². The van der Waals surface area contributed by atoms with E-state index in [4.69, 9.17) is 0 Å². The van der Waals surface area contributed by atoms with Crippen LogP contribution >= 0.6 is 11.3 Å². The summed E-state index contributed by atoms with van der Waals surface area (Å²) in [6.45, 7) is 1.94. The Labute approximate surface area is 125 Å². The van der Waals surface area contributed by atoms with Crippen LogP contribution in [0.3, 0.4) is 0 Å². The van der Waals surface area contributed by atoms with Crippen LogP contribution in [-0.2, 0) is 22.5 Å². The molecule has 9 heteroatoms. The van der Waals surface area contributed by atoms with Gasteiger partial charge in [0.2, 0.25) is 5.91 Å². The second kappa shape index (κ2) is 6.93. The third kappa shape index (κ3) is 3.63. The zero-order valence-electron chi connectivity index (χ0n) is 11.7. The average Bonchev–Trinajstić information content (AvgIpc) is 3.09. The van der Waals surface area contributed by atoms with Crippen LogP contribution in [0.25, 0.3) is 0 Å². The second-order valence-electron chi connectivity index (χ2n) is 4.17. The van der Waals surface area contributed by atoms with E-state index in [1.165, 1.54) is 23.1 Å². The molecule has 2 heterocycles. The smallest absolute Gasteiger partial charge is 0.360 e. The minimum Gasteiger partial charge on any atom is -0.464 e. The second-order valence-corrected chi connectivity index (χ2v) is 5.06. The third-order valence-electron chi connectivity index (χ3n) is 2.68. The number of nitrogens with one attached hydrogen (secondary N) is 1. The molecule has 0 bridgehead atoms. The van der Waals surface area contributed by atoms with Gasteiger partial charge in [0.25, 0.3) is 0 Å². The molecule has 0 unspecified atom stereocenters. The topological polar surface area (TPSA) is 99.0 Å². The third-order valence-corrected chi connectivity index (χ3v) is 3.36. The molecule has 0 aliphatic rings.